The molecule has 0 unspecified atom stereocenters. The molecule has 23 heavy (non-hydrogen) atoms. The van der Waals surface area contributed by atoms with E-state index in [2.05, 4.69) is 15.5 Å². The van der Waals surface area contributed by atoms with Gasteiger partial charge in [-0.3, -0.25) is 4.79 Å². The second kappa shape index (κ2) is 7.36. The zero-order chi connectivity index (χ0) is 16.9. The van der Waals surface area contributed by atoms with Crippen molar-refractivity contribution >= 4 is 15.7 Å². The molecule has 7 nitrogen and oxygen atoms in total. The number of aryl methyl sites for hydroxylation is 2. The molecule has 1 aromatic heterocycles. The number of nitrogens with one attached hydrogen (secondary N) is 1. The Morgan fingerprint density at radius 3 is 2.61 bits per heavy atom. The molecule has 0 saturated heterocycles. The summed E-state index contributed by atoms with van der Waals surface area (Å²) in [5.74, 6) is -1.16. The fraction of sp³-hybridized carbons (Fsp3) is 0.400. The van der Waals surface area contributed by atoms with E-state index >= 15 is 0 Å². The van der Waals surface area contributed by atoms with Crippen LogP contribution in [0.15, 0.2) is 41.8 Å². The van der Waals surface area contributed by atoms with E-state index in [1.165, 1.54) is 23.5 Å². The topological polar surface area (TPSA) is 93.9 Å². The Morgan fingerprint density at radius 2 is 2.00 bits per heavy atom. The van der Waals surface area contributed by atoms with Gasteiger partial charge in [0, 0.05) is 13.1 Å². The SMILES string of the molecule is C[C@H](CCc1ccccc1)NC(=O)CS(=O)(=O)c1nncn1C. The summed E-state index contributed by atoms with van der Waals surface area (Å²) in [4.78, 5) is 11.9. The number of hydrogen-bond donors (Lipinski definition) is 1. The highest BCUT2D eigenvalue weighted by Gasteiger charge is 2.24. The molecule has 1 N–H and O–H groups in total. The molecule has 1 aromatic carbocycles. The first-order chi connectivity index (χ1) is 10.9. The molecule has 0 aliphatic rings. The number of hydrogen-bond acceptors (Lipinski definition) is 5. The van der Waals surface area contributed by atoms with Gasteiger partial charge in [0.05, 0.1) is 0 Å². The van der Waals surface area contributed by atoms with Gasteiger partial charge in [-0.05, 0) is 25.3 Å². The lowest BCUT2D eigenvalue weighted by Crippen LogP contribution is -2.37. The van der Waals surface area contributed by atoms with Crippen molar-refractivity contribution in [1.29, 1.82) is 0 Å². The number of sulfone groups is 1. The Morgan fingerprint density at radius 1 is 1.30 bits per heavy atom. The number of benzene rings is 1. The third kappa shape index (κ3) is 4.88. The Kier molecular flexibility index (Phi) is 5.49. The molecule has 1 amide bonds. The van der Waals surface area contributed by atoms with Gasteiger partial charge in [0.2, 0.25) is 20.9 Å². The first kappa shape index (κ1) is 17.1. The zero-order valence-corrected chi connectivity index (χ0v) is 14.0. The Balaban J connectivity index is 1.86. The fourth-order valence-electron chi connectivity index (χ4n) is 2.21. The molecule has 0 aliphatic heterocycles. The maximum Gasteiger partial charge on any atom is 0.249 e. The van der Waals surface area contributed by atoms with Crippen LogP contribution >= 0.6 is 0 Å². The van der Waals surface area contributed by atoms with Crippen molar-refractivity contribution in [2.75, 3.05) is 5.75 Å². The maximum absolute atomic E-state index is 12.1. The van der Waals surface area contributed by atoms with Gasteiger partial charge in [-0.1, -0.05) is 30.3 Å². The van der Waals surface area contributed by atoms with E-state index in [4.69, 9.17) is 0 Å². The van der Waals surface area contributed by atoms with E-state index in [0.29, 0.717) is 0 Å². The van der Waals surface area contributed by atoms with Gasteiger partial charge in [-0.25, -0.2) is 8.42 Å². The predicted octanol–water partition coefficient (Wildman–Crippen LogP) is 0.726. The van der Waals surface area contributed by atoms with Gasteiger partial charge in [-0.15, -0.1) is 10.2 Å². The number of nitrogens with zero attached hydrogens (tertiary/aromatic N) is 3. The van der Waals surface area contributed by atoms with Gasteiger partial charge in [-0.2, -0.15) is 0 Å². The maximum atomic E-state index is 12.1. The molecule has 0 aliphatic carbocycles. The summed E-state index contributed by atoms with van der Waals surface area (Å²) in [7, 11) is -2.26. The molecule has 2 rings (SSSR count). The molecule has 0 spiro atoms. The van der Waals surface area contributed by atoms with Crippen molar-refractivity contribution < 1.29 is 13.2 Å². The molecule has 0 saturated carbocycles. The quantitative estimate of drug-likeness (QED) is 0.804. The lowest BCUT2D eigenvalue weighted by Gasteiger charge is -2.13. The first-order valence-electron chi connectivity index (χ1n) is 7.28. The van der Waals surface area contributed by atoms with E-state index in [0.717, 1.165) is 12.8 Å². The van der Waals surface area contributed by atoms with E-state index < -0.39 is 21.5 Å². The standard InChI is InChI=1S/C15H20N4O3S/c1-12(8-9-13-6-4-3-5-7-13)17-14(20)10-23(21,22)15-18-16-11-19(15)2/h3-7,11-12H,8-10H2,1-2H3,(H,17,20)/t12-/m1/s1. The molecule has 8 heteroatoms. The van der Waals surface area contributed by atoms with Crippen molar-refractivity contribution in [2.24, 2.45) is 7.05 Å². The highest BCUT2D eigenvalue weighted by molar-refractivity contribution is 7.91. The molecule has 0 bridgehead atoms. The highest BCUT2D eigenvalue weighted by atomic mass is 32.2. The van der Waals surface area contributed by atoms with Gasteiger partial charge in [0.15, 0.2) is 0 Å². The number of carbonyl (C=O) groups is 1. The average Bonchev–Trinajstić information content (AvgIpc) is 2.92. The van der Waals surface area contributed by atoms with Crippen molar-refractivity contribution in [2.45, 2.75) is 31.0 Å². The molecule has 124 valence electrons. The van der Waals surface area contributed by atoms with Crippen molar-refractivity contribution in [3.63, 3.8) is 0 Å². The Hall–Kier alpha value is -2.22. The van der Waals surface area contributed by atoms with Crippen LogP contribution in [-0.2, 0) is 28.1 Å². The minimum Gasteiger partial charge on any atom is -0.353 e. The summed E-state index contributed by atoms with van der Waals surface area (Å²) in [6.07, 6.45) is 2.84. The van der Waals surface area contributed by atoms with Crippen LogP contribution in [0, 0.1) is 0 Å². The van der Waals surface area contributed by atoms with Gasteiger partial charge < -0.3 is 9.88 Å². The smallest absolute Gasteiger partial charge is 0.249 e. The minimum atomic E-state index is -3.78. The lowest BCUT2D eigenvalue weighted by atomic mass is 10.1. The van der Waals surface area contributed by atoms with Crippen LogP contribution in [0.4, 0.5) is 0 Å². The lowest BCUT2D eigenvalue weighted by molar-refractivity contribution is -0.119. The van der Waals surface area contributed by atoms with E-state index in [1.807, 2.05) is 37.3 Å². The van der Waals surface area contributed by atoms with Crippen LogP contribution in [-0.4, -0.2) is 40.9 Å². The Bertz CT molecular complexity index is 756. The summed E-state index contributed by atoms with van der Waals surface area (Å²) >= 11 is 0. The van der Waals surface area contributed by atoms with Crippen LogP contribution < -0.4 is 5.32 Å². The number of amides is 1. The van der Waals surface area contributed by atoms with Crippen LogP contribution in [0.2, 0.25) is 0 Å². The van der Waals surface area contributed by atoms with Gasteiger partial charge >= 0.3 is 0 Å². The number of carbonyl (C=O) groups excluding carboxylic acids is 1. The van der Waals surface area contributed by atoms with Crippen LogP contribution in [0.1, 0.15) is 18.9 Å². The molecular weight excluding hydrogens is 316 g/mol. The second-order valence-corrected chi connectivity index (χ2v) is 7.36. The monoisotopic (exact) mass is 336 g/mol. The van der Waals surface area contributed by atoms with Crippen LogP contribution in [0.5, 0.6) is 0 Å². The summed E-state index contributed by atoms with van der Waals surface area (Å²) < 4.78 is 25.5. The summed E-state index contributed by atoms with van der Waals surface area (Å²) in [6.45, 7) is 1.86. The highest BCUT2D eigenvalue weighted by Crippen LogP contribution is 2.07. The third-order valence-electron chi connectivity index (χ3n) is 3.39. The molecule has 0 fully saturated rings. The van der Waals surface area contributed by atoms with Crippen molar-refractivity contribution in [1.82, 2.24) is 20.1 Å². The van der Waals surface area contributed by atoms with Crippen LogP contribution in [0.3, 0.4) is 0 Å². The molecule has 2 aromatic rings. The molecule has 0 radical (unpaired) electrons. The predicted molar refractivity (Wildman–Crippen MR) is 85.4 cm³/mol. The van der Waals surface area contributed by atoms with E-state index in [1.54, 1.807) is 0 Å². The first-order valence-corrected chi connectivity index (χ1v) is 8.94. The Labute approximate surface area is 135 Å². The molecule has 1 atom stereocenters. The number of rotatable bonds is 7. The van der Waals surface area contributed by atoms with Crippen molar-refractivity contribution in [3.8, 4) is 0 Å². The average molecular weight is 336 g/mol. The summed E-state index contributed by atoms with van der Waals surface area (Å²) in [5, 5.41) is 9.57. The van der Waals surface area contributed by atoms with Crippen LogP contribution in [0.25, 0.3) is 0 Å². The summed E-state index contributed by atoms with van der Waals surface area (Å²) in [6, 6.07) is 9.81. The largest absolute Gasteiger partial charge is 0.353 e. The van der Waals surface area contributed by atoms with Gasteiger partial charge in [0.25, 0.3) is 0 Å². The molecular formula is C15H20N4O3S. The van der Waals surface area contributed by atoms with Crippen molar-refractivity contribution in [3.05, 3.63) is 42.2 Å². The summed E-state index contributed by atoms with van der Waals surface area (Å²) in [5.41, 5.74) is 1.18. The molecule has 1 heterocycles. The number of aromatic nitrogens is 3. The fourth-order valence-corrected chi connectivity index (χ4v) is 3.42. The zero-order valence-electron chi connectivity index (χ0n) is 13.1. The normalized spacial score (nSPS) is 12.8. The third-order valence-corrected chi connectivity index (χ3v) is 4.95. The van der Waals surface area contributed by atoms with E-state index in [-0.39, 0.29) is 11.2 Å². The van der Waals surface area contributed by atoms with E-state index in [9.17, 15) is 13.2 Å². The van der Waals surface area contributed by atoms with Gasteiger partial charge in [0.1, 0.15) is 12.1 Å². The minimum absolute atomic E-state index is 0.114. The second-order valence-electron chi connectivity index (χ2n) is 5.48.